The van der Waals surface area contributed by atoms with Crippen LogP contribution in [0.25, 0.3) is 22.1 Å². The lowest BCUT2D eigenvalue weighted by atomic mass is 10.4. The maximum absolute atomic E-state index is 5.74. The van der Waals surface area contributed by atoms with Crippen LogP contribution in [0.1, 0.15) is 0 Å². The summed E-state index contributed by atoms with van der Waals surface area (Å²) in [6.45, 7) is 16.3. The number of halogens is 3. The predicted octanol–water partition coefficient (Wildman–Crippen LogP) is 7.45. The summed E-state index contributed by atoms with van der Waals surface area (Å²) in [7, 11) is -1.88. The summed E-state index contributed by atoms with van der Waals surface area (Å²) in [6.07, 6.45) is 7.03. The Morgan fingerprint density at radius 3 is 2.03 bits per heavy atom. The first-order chi connectivity index (χ1) is 17.4. The summed E-state index contributed by atoms with van der Waals surface area (Å²) in [5.41, 5.74) is 1.85. The largest absolute Gasteiger partial charge is 0.366 e. The minimum atomic E-state index is -1.00. The van der Waals surface area contributed by atoms with E-state index in [1.807, 2.05) is 29.1 Å². The van der Waals surface area contributed by atoms with Crippen LogP contribution in [0.4, 0.5) is 0 Å². The number of nitrogens with zero attached hydrogens (tertiary/aromatic N) is 5. The fourth-order valence-corrected chi connectivity index (χ4v) is 5.62. The van der Waals surface area contributed by atoms with Crippen LogP contribution in [0, 0.1) is 7.40 Å². The van der Waals surface area contributed by atoms with Gasteiger partial charge in [-0.05, 0) is 69.4 Å². The molecule has 4 aromatic heterocycles. The molecule has 0 unspecified atom stereocenters. The van der Waals surface area contributed by atoms with Gasteiger partial charge in [0.1, 0.15) is 44.1 Å². The zero-order valence-corrected chi connectivity index (χ0v) is 29.5. The molecule has 13 heteroatoms. The van der Waals surface area contributed by atoms with Crippen molar-refractivity contribution < 1.29 is 9.47 Å². The molecule has 8 nitrogen and oxygen atoms in total. The van der Waals surface area contributed by atoms with Crippen molar-refractivity contribution in [3.8, 4) is 0 Å². The Labute approximate surface area is 254 Å². The van der Waals surface area contributed by atoms with E-state index in [9.17, 15) is 0 Å². The van der Waals surface area contributed by atoms with Gasteiger partial charge in [0.25, 0.3) is 0 Å². The van der Waals surface area contributed by atoms with Gasteiger partial charge in [-0.25, -0.2) is 19.9 Å². The van der Waals surface area contributed by atoms with Gasteiger partial charge >= 0.3 is 0 Å². The summed E-state index contributed by atoms with van der Waals surface area (Å²) in [5, 5.41) is 2.18. The molecular weight excluding hydrogens is 750 g/mol. The highest BCUT2D eigenvalue weighted by Gasteiger charge is 2.13. The Kier molecular flexibility index (Phi) is 13.9. The number of aromatic nitrogens is 6. The maximum atomic E-state index is 5.74. The molecule has 4 aromatic rings. The van der Waals surface area contributed by atoms with Crippen molar-refractivity contribution in [2.45, 2.75) is 58.1 Å². The average Bonchev–Trinajstić information content (AvgIpc) is 3.45. The lowest BCUT2D eigenvalue weighted by Gasteiger charge is -2.15. The van der Waals surface area contributed by atoms with Gasteiger partial charge in [0.2, 0.25) is 0 Å². The Hall–Kier alpha value is -0.656. The second-order valence-electron chi connectivity index (χ2n) is 10.8. The fourth-order valence-electron chi connectivity index (χ4n) is 2.89. The molecule has 0 fully saturated rings. The monoisotopic (exact) mass is 786 g/mol. The molecule has 0 aliphatic heterocycles. The van der Waals surface area contributed by atoms with E-state index in [4.69, 9.17) is 21.1 Å². The van der Waals surface area contributed by atoms with Gasteiger partial charge in [-0.2, -0.15) is 0 Å². The lowest BCUT2D eigenvalue weighted by Crippen LogP contribution is -2.22. The van der Waals surface area contributed by atoms with E-state index < -0.39 is 16.1 Å². The first kappa shape index (κ1) is 32.6. The van der Waals surface area contributed by atoms with Crippen LogP contribution in [0.5, 0.6) is 0 Å². The SMILES string of the molecule is C[Si](C)(C)CCOCCl.C[Si](C)(C)CCOCn1ccc2c(I)ncnc21.Ic1ncnc2[nH]ccc12. The third kappa shape index (κ3) is 12.4. The smallest absolute Gasteiger partial charge is 0.146 e. The maximum Gasteiger partial charge on any atom is 0.146 e. The molecule has 4 rings (SSSR count). The Balaban J connectivity index is 0.000000214. The van der Waals surface area contributed by atoms with Crippen molar-refractivity contribution in [2.24, 2.45) is 0 Å². The van der Waals surface area contributed by atoms with Crippen molar-refractivity contribution in [2.75, 3.05) is 19.3 Å². The van der Waals surface area contributed by atoms with E-state index in [2.05, 4.69) is 109 Å². The molecule has 1 N–H and O–H groups in total. The van der Waals surface area contributed by atoms with Gasteiger partial charge in [-0.3, -0.25) is 0 Å². The standard InChI is InChI=1S/C12H18IN3OSi.C6H15ClOSi.C6H4IN3/c1-18(2,3)7-6-17-9-16-5-4-10-11(13)14-8-15-12(10)16;1-9(2,3)5-4-8-6-7;7-5-4-1-2-8-6(4)10-3-9-5/h4-5,8H,6-7,9H2,1-3H3;4-6H2,1-3H3;1-3H,(H,8,9,10). The first-order valence-electron chi connectivity index (χ1n) is 12.0. The second-order valence-corrected chi connectivity index (χ2v) is 24.3. The molecule has 4 heterocycles. The summed E-state index contributed by atoms with van der Waals surface area (Å²) >= 11 is 9.73. The number of aromatic amines is 1. The number of hydrogen-bond acceptors (Lipinski definition) is 6. The van der Waals surface area contributed by atoms with E-state index in [-0.39, 0.29) is 0 Å². The lowest BCUT2D eigenvalue weighted by molar-refractivity contribution is 0.0899. The molecular formula is C24H37ClI2N6O2Si2. The van der Waals surface area contributed by atoms with Crippen molar-refractivity contribution >= 4 is 95.0 Å². The van der Waals surface area contributed by atoms with Gasteiger partial charge in [-0.15, -0.1) is 0 Å². The zero-order chi connectivity index (χ0) is 27.5. The number of hydrogen-bond donors (Lipinski definition) is 1. The van der Waals surface area contributed by atoms with E-state index in [1.54, 1.807) is 12.7 Å². The molecule has 0 spiro atoms. The van der Waals surface area contributed by atoms with E-state index in [0.29, 0.717) is 12.8 Å². The molecule has 0 aliphatic rings. The molecule has 0 amide bonds. The molecule has 204 valence electrons. The minimum absolute atomic E-state index is 0.338. The van der Waals surface area contributed by atoms with E-state index in [0.717, 1.165) is 42.7 Å². The minimum Gasteiger partial charge on any atom is -0.366 e. The Morgan fingerprint density at radius 1 is 0.838 bits per heavy atom. The second kappa shape index (κ2) is 15.8. The van der Waals surface area contributed by atoms with Crippen LogP contribution in [0.15, 0.2) is 37.2 Å². The van der Waals surface area contributed by atoms with Gasteiger partial charge in [0.05, 0.1) is 10.8 Å². The van der Waals surface area contributed by atoms with Crippen LogP contribution in [0.2, 0.25) is 51.4 Å². The molecule has 0 aliphatic carbocycles. The number of rotatable bonds is 9. The average molecular weight is 787 g/mol. The van der Waals surface area contributed by atoms with E-state index in [1.165, 1.54) is 12.1 Å². The molecule has 0 saturated carbocycles. The molecule has 0 bridgehead atoms. The number of nitrogens with one attached hydrogen (secondary N) is 1. The summed E-state index contributed by atoms with van der Waals surface area (Å²) in [5.74, 6) is 0. The van der Waals surface area contributed by atoms with Crippen LogP contribution < -0.4 is 0 Å². The highest BCUT2D eigenvalue weighted by Crippen LogP contribution is 2.18. The van der Waals surface area contributed by atoms with E-state index >= 15 is 0 Å². The third-order valence-corrected chi connectivity index (χ3v) is 10.4. The predicted molar refractivity (Wildman–Crippen MR) is 176 cm³/mol. The van der Waals surface area contributed by atoms with Crippen LogP contribution in [-0.2, 0) is 16.2 Å². The van der Waals surface area contributed by atoms with Crippen LogP contribution in [0.3, 0.4) is 0 Å². The summed E-state index contributed by atoms with van der Waals surface area (Å²) in [6, 6.07) is 6.75. The molecule has 0 saturated heterocycles. The highest BCUT2D eigenvalue weighted by molar-refractivity contribution is 14.1. The quantitative estimate of drug-likeness (QED) is 0.0624. The molecule has 0 aromatic carbocycles. The van der Waals surface area contributed by atoms with Crippen LogP contribution in [-0.4, -0.2) is 64.9 Å². The van der Waals surface area contributed by atoms with Crippen LogP contribution >= 0.6 is 56.8 Å². The third-order valence-electron chi connectivity index (χ3n) is 5.11. The number of alkyl halides is 1. The topological polar surface area (TPSA) is 90.7 Å². The Bertz CT molecular complexity index is 1230. The van der Waals surface area contributed by atoms with Crippen molar-refractivity contribution in [3.63, 3.8) is 0 Å². The summed E-state index contributed by atoms with van der Waals surface area (Å²) < 4.78 is 14.8. The van der Waals surface area contributed by atoms with Crippen molar-refractivity contribution in [3.05, 3.63) is 44.6 Å². The van der Waals surface area contributed by atoms with Crippen molar-refractivity contribution in [1.82, 2.24) is 29.5 Å². The van der Waals surface area contributed by atoms with Gasteiger partial charge in [0, 0.05) is 41.8 Å². The highest BCUT2D eigenvalue weighted by atomic mass is 127. The Morgan fingerprint density at radius 2 is 1.43 bits per heavy atom. The summed E-state index contributed by atoms with van der Waals surface area (Å²) in [4.78, 5) is 19.6. The fraction of sp³-hybridized carbons (Fsp3) is 0.500. The number of ether oxygens (including phenoxy) is 2. The number of H-pyrrole nitrogens is 1. The van der Waals surface area contributed by atoms with Gasteiger partial charge in [-0.1, -0.05) is 50.9 Å². The molecule has 0 radical (unpaired) electrons. The van der Waals surface area contributed by atoms with Gasteiger partial charge < -0.3 is 19.0 Å². The zero-order valence-electron chi connectivity index (χ0n) is 22.4. The molecule has 37 heavy (non-hydrogen) atoms. The van der Waals surface area contributed by atoms with Crippen molar-refractivity contribution in [1.29, 1.82) is 0 Å². The number of fused-ring (bicyclic) bond motifs is 2. The first-order valence-corrected chi connectivity index (χ1v) is 22.1. The normalized spacial score (nSPS) is 11.7. The van der Waals surface area contributed by atoms with Gasteiger partial charge in [0.15, 0.2) is 0 Å². The molecule has 0 atom stereocenters.